The molecule has 2 rings (SSSR count). The summed E-state index contributed by atoms with van der Waals surface area (Å²) in [6.45, 7) is 0.734. The van der Waals surface area contributed by atoms with Crippen LogP contribution in [0.2, 0.25) is 0 Å². The van der Waals surface area contributed by atoms with Gasteiger partial charge in [0.15, 0.2) is 0 Å². The van der Waals surface area contributed by atoms with Crippen LogP contribution in [0.15, 0.2) is 60.7 Å². The van der Waals surface area contributed by atoms with Crippen molar-refractivity contribution < 1.29 is 18.1 Å². The molecule has 0 aliphatic heterocycles. The zero-order chi connectivity index (χ0) is 16.4. The summed E-state index contributed by atoms with van der Waals surface area (Å²) >= 11 is 2.25. The predicted octanol–water partition coefficient (Wildman–Crippen LogP) is 5.37. The molecule has 0 saturated carbocycles. The summed E-state index contributed by atoms with van der Waals surface area (Å²) in [4.78, 5) is 0. The third-order valence-corrected chi connectivity index (χ3v) is 5.14. The quantitative estimate of drug-likeness (QED) is 0.213. The fourth-order valence-corrected chi connectivity index (χ4v) is 3.30. The van der Waals surface area contributed by atoms with E-state index in [9.17, 15) is 4.57 Å². The van der Waals surface area contributed by atoms with E-state index in [4.69, 9.17) is 13.6 Å². The van der Waals surface area contributed by atoms with E-state index >= 15 is 0 Å². The molecule has 0 amide bonds. The van der Waals surface area contributed by atoms with E-state index < -0.39 is 7.82 Å². The average molecular weight is 446 g/mol. The first-order chi connectivity index (χ1) is 11.2. The first-order valence-electron chi connectivity index (χ1n) is 7.39. The second-order valence-corrected chi connectivity index (χ2v) is 7.59. The van der Waals surface area contributed by atoms with Crippen LogP contribution in [-0.2, 0) is 31.4 Å². The summed E-state index contributed by atoms with van der Waals surface area (Å²) in [5.74, 6) is 0. The van der Waals surface area contributed by atoms with Gasteiger partial charge in [0.1, 0.15) is 0 Å². The van der Waals surface area contributed by atoms with Crippen molar-refractivity contribution in [2.45, 2.75) is 19.6 Å². The third-order valence-electron chi connectivity index (χ3n) is 2.99. The van der Waals surface area contributed by atoms with Gasteiger partial charge in [-0.25, -0.2) is 4.57 Å². The molecule has 2 aromatic carbocycles. The van der Waals surface area contributed by atoms with Crippen LogP contribution in [0.1, 0.15) is 17.5 Å². The van der Waals surface area contributed by atoms with Gasteiger partial charge in [0.25, 0.3) is 0 Å². The maximum absolute atomic E-state index is 12.8. The van der Waals surface area contributed by atoms with Crippen LogP contribution in [0.4, 0.5) is 0 Å². The van der Waals surface area contributed by atoms with Crippen LogP contribution in [0, 0.1) is 0 Å². The molecule has 0 heterocycles. The normalized spacial score (nSPS) is 11.5. The number of alkyl halides is 1. The third kappa shape index (κ3) is 7.14. The Morgan fingerprint density at radius 2 is 1.26 bits per heavy atom. The minimum absolute atomic E-state index is 0.192. The Morgan fingerprint density at radius 3 is 1.70 bits per heavy atom. The summed E-state index contributed by atoms with van der Waals surface area (Å²) in [6.07, 6.45) is 0.800. The molecule has 0 radical (unpaired) electrons. The van der Waals surface area contributed by atoms with Gasteiger partial charge in [-0.1, -0.05) is 83.3 Å². The maximum atomic E-state index is 12.8. The molecular weight excluding hydrogens is 426 g/mol. The van der Waals surface area contributed by atoms with Crippen LogP contribution in [0.3, 0.4) is 0 Å². The lowest BCUT2D eigenvalue weighted by molar-refractivity contribution is 0.103. The van der Waals surface area contributed by atoms with Crippen LogP contribution in [0.25, 0.3) is 0 Å². The highest BCUT2D eigenvalue weighted by atomic mass is 127. The van der Waals surface area contributed by atoms with E-state index in [0.717, 1.165) is 22.0 Å². The predicted molar refractivity (Wildman–Crippen MR) is 99.5 cm³/mol. The topological polar surface area (TPSA) is 44.8 Å². The molecule has 0 spiro atoms. The molecule has 6 heteroatoms. The lowest BCUT2D eigenvalue weighted by atomic mass is 10.2. The molecule has 0 aliphatic rings. The Kier molecular flexibility index (Phi) is 8.26. The minimum Gasteiger partial charge on any atom is -0.287 e. The molecule has 0 fully saturated rings. The molecular formula is C17H20IO4P. The van der Waals surface area contributed by atoms with Gasteiger partial charge in [0.05, 0.1) is 19.8 Å². The summed E-state index contributed by atoms with van der Waals surface area (Å²) in [6, 6.07) is 19.1. The molecule has 0 N–H and O–H groups in total. The van der Waals surface area contributed by atoms with Crippen molar-refractivity contribution in [3.05, 3.63) is 71.8 Å². The molecule has 4 nitrogen and oxygen atoms in total. The van der Waals surface area contributed by atoms with Crippen molar-refractivity contribution in [3.63, 3.8) is 0 Å². The summed E-state index contributed by atoms with van der Waals surface area (Å²) in [7, 11) is -3.58. The summed E-state index contributed by atoms with van der Waals surface area (Å²) in [5, 5.41) is 0. The van der Waals surface area contributed by atoms with E-state index in [-0.39, 0.29) is 13.2 Å². The summed E-state index contributed by atoms with van der Waals surface area (Å²) in [5.41, 5.74) is 1.85. The number of halogens is 1. The van der Waals surface area contributed by atoms with Gasteiger partial charge in [-0.05, 0) is 17.5 Å². The van der Waals surface area contributed by atoms with Gasteiger partial charge in [-0.2, -0.15) is 0 Å². The fraction of sp³-hybridized carbons (Fsp3) is 0.294. The number of hydrogen-bond acceptors (Lipinski definition) is 4. The highest BCUT2D eigenvalue weighted by Crippen LogP contribution is 2.51. The van der Waals surface area contributed by atoms with E-state index in [0.29, 0.717) is 6.61 Å². The molecule has 0 atom stereocenters. The van der Waals surface area contributed by atoms with Crippen molar-refractivity contribution in [2.24, 2.45) is 0 Å². The Morgan fingerprint density at radius 1 is 0.783 bits per heavy atom. The number of rotatable bonds is 10. The van der Waals surface area contributed by atoms with Gasteiger partial charge in [-0.15, -0.1) is 0 Å². The smallest absolute Gasteiger partial charge is 0.287 e. The number of phosphoric acid groups is 1. The molecule has 0 bridgehead atoms. The SMILES string of the molecule is O=P(OCCCI)(OCc1ccccc1)OCc1ccccc1. The molecule has 23 heavy (non-hydrogen) atoms. The van der Waals surface area contributed by atoms with Crippen LogP contribution >= 0.6 is 30.4 Å². The van der Waals surface area contributed by atoms with Crippen LogP contribution in [-0.4, -0.2) is 11.0 Å². The fourth-order valence-electron chi connectivity index (χ4n) is 1.80. The van der Waals surface area contributed by atoms with Crippen LogP contribution in [0.5, 0.6) is 0 Å². The van der Waals surface area contributed by atoms with Gasteiger partial charge in [0.2, 0.25) is 0 Å². The second-order valence-electron chi connectivity index (χ2n) is 4.84. The van der Waals surface area contributed by atoms with Crippen molar-refractivity contribution in [2.75, 3.05) is 11.0 Å². The van der Waals surface area contributed by atoms with Gasteiger partial charge >= 0.3 is 7.82 Å². The van der Waals surface area contributed by atoms with Gasteiger partial charge < -0.3 is 0 Å². The second kappa shape index (κ2) is 10.2. The van der Waals surface area contributed by atoms with Crippen LogP contribution < -0.4 is 0 Å². The Hall–Kier alpha value is -0.720. The Labute approximate surface area is 150 Å². The Bertz CT molecular complexity index is 559. The first-order valence-corrected chi connectivity index (χ1v) is 10.4. The van der Waals surface area contributed by atoms with Crippen molar-refractivity contribution in [1.82, 2.24) is 0 Å². The number of hydrogen-bond donors (Lipinski definition) is 0. The first kappa shape index (κ1) is 18.6. The lowest BCUT2D eigenvalue weighted by Crippen LogP contribution is -2.03. The highest BCUT2D eigenvalue weighted by molar-refractivity contribution is 14.1. The van der Waals surface area contributed by atoms with Crippen molar-refractivity contribution in [1.29, 1.82) is 0 Å². The zero-order valence-corrected chi connectivity index (χ0v) is 15.8. The summed E-state index contributed by atoms with van der Waals surface area (Å²) < 4.78 is 30.1. The van der Waals surface area contributed by atoms with E-state index in [1.807, 2.05) is 60.7 Å². The van der Waals surface area contributed by atoms with Crippen molar-refractivity contribution >= 4 is 30.4 Å². The maximum Gasteiger partial charge on any atom is 0.475 e. The number of benzene rings is 2. The zero-order valence-electron chi connectivity index (χ0n) is 12.8. The van der Waals surface area contributed by atoms with E-state index in [1.165, 1.54) is 0 Å². The number of phosphoric ester groups is 1. The standard InChI is InChI=1S/C17H20IO4P/c18-12-7-13-20-23(19,21-14-16-8-3-1-4-9-16)22-15-17-10-5-2-6-11-17/h1-6,8-11H,7,12-15H2. The lowest BCUT2D eigenvalue weighted by Gasteiger charge is -2.18. The molecule has 0 aliphatic carbocycles. The largest absolute Gasteiger partial charge is 0.475 e. The molecule has 0 aromatic heterocycles. The molecule has 0 unspecified atom stereocenters. The monoisotopic (exact) mass is 446 g/mol. The molecule has 2 aromatic rings. The molecule has 124 valence electrons. The van der Waals surface area contributed by atoms with Crippen molar-refractivity contribution in [3.8, 4) is 0 Å². The van der Waals surface area contributed by atoms with Gasteiger partial charge in [0, 0.05) is 4.43 Å². The van der Waals surface area contributed by atoms with Gasteiger partial charge in [-0.3, -0.25) is 13.6 Å². The highest BCUT2D eigenvalue weighted by Gasteiger charge is 2.26. The minimum atomic E-state index is -3.58. The Balaban J connectivity index is 1.94. The van der Waals surface area contributed by atoms with E-state index in [2.05, 4.69) is 22.6 Å². The van der Waals surface area contributed by atoms with E-state index in [1.54, 1.807) is 0 Å². The average Bonchev–Trinajstić information content (AvgIpc) is 2.61. The molecule has 0 saturated heterocycles.